The average Bonchev–Trinajstić information content (AvgIpc) is 2.58. The van der Waals surface area contributed by atoms with Crippen LogP contribution in [0.3, 0.4) is 0 Å². The van der Waals surface area contributed by atoms with Gasteiger partial charge in [0.2, 0.25) is 15.9 Å². The molecule has 1 aromatic carbocycles. The molecule has 6 nitrogen and oxygen atoms in total. The summed E-state index contributed by atoms with van der Waals surface area (Å²) in [5.74, 6) is 0.658. The van der Waals surface area contributed by atoms with E-state index >= 15 is 0 Å². The summed E-state index contributed by atoms with van der Waals surface area (Å²) in [6.07, 6.45) is 5.08. The Bertz CT molecular complexity index is 658. The van der Waals surface area contributed by atoms with Crippen molar-refractivity contribution in [2.45, 2.75) is 45.1 Å². The van der Waals surface area contributed by atoms with E-state index in [1.165, 1.54) is 16.1 Å². The van der Waals surface area contributed by atoms with Crippen molar-refractivity contribution in [3.63, 3.8) is 0 Å². The van der Waals surface area contributed by atoms with Crippen LogP contribution in [0, 0.1) is 6.92 Å². The molecule has 0 spiro atoms. The Morgan fingerprint density at radius 3 is 2.64 bits per heavy atom. The average molecular weight is 368 g/mol. The minimum Gasteiger partial charge on any atom is -0.494 e. The Kier molecular flexibility index (Phi) is 7.25. The van der Waals surface area contributed by atoms with Crippen LogP contribution in [-0.2, 0) is 14.8 Å². The van der Waals surface area contributed by atoms with Gasteiger partial charge < -0.3 is 10.1 Å². The summed E-state index contributed by atoms with van der Waals surface area (Å²) in [7, 11) is -3.34. The highest BCUT2D eigenvalue weighted by molar-refractivity contribution is 7.88. The first-order valence-corrected chi connectivity index (χ1v) is 10.7. The summed E-state index contributed by atoms with van der Waals surface area (Å²) in [6.45, 7) is 3.59. The lowest BCUT2D eigenvalue weighted by Crippen LogP contribution is -2.51. The lowest BCUT2D eigenvalue weighted by molar-refractivity contribution is -0.125. The van der Waals surface area contributed by atoms with Gasteiger partial charge in [-0.1, -0.05) is 24.1 Å². The third kappa shape index (κ3) is 6.32. The maximum absolute atomic E-state index is 12.3. The van der Waals surface area contributed by atoms with Crippen LogP contribution < -0.4 is 10.1 Å². The van der Waals surface area contributed by atoms with Crippen LogP contribution in [-0.4, -0.2) is 50.6 Å². The molecule has 1 unspecified atom stereocenters. The highest BCUT2D eigenvalue weighted by Crippen LogP contribution is 2.20. The number of rotatable bonds is 8. The van der Waals surface area contributed by atoms with E-state index in [-0.39, 0.29) is 5.91 Å². The van der Waals surface area contributed by atoms with Gasteiger partial charge in [0.1, 0.15) is 11.8 Å². The number of ether oxygens (including phenoxy) is 1. The lowest BCUT2D eigenvalue weighted by Gasteiger charge is -2.32. The van der Waals surface area contributed by atoms with Crippen molar-refractivity contribution in [1.29, 1.82) is 0 Å². The quantitative estimate of drug-likeness (QED) is 0.713. The summed E-state index contributed by atoms with van der Waals surface area (Å²) in [6, 6.07) is 7.34. The molecule has 1 aromatic rings. The molecular weight excluding hydrogens is 340 g/mol. The highest BCUT2D eigenvalue weighted by atomic mass is 32.2. The smallest absolute Gasteiger partial charge is 0.238 e. The third-order valence-corrected chi connectivity index (χ3v) is 5.63. The van der Waals surface area contributed by atoms with E-state index in [4.69, 9.17) is 4.74 Å². The van der Waals surface area contributed by atoms with Gasteiger partial charge in [0.05, 0.1) is 12.9 Å². The van der Waals surface area contributed by atoms with Gasteiger partial charge in [-0.15, -0.1) is 0 Å². The molecule has 1 heterocycles. The second-order valence-electron chi connectivity index (χ2n) is 6.54. The summed E-state index contributed by atoms with van der Waals surface area (Å²) >= 11 is 0. The highest BCUT2D eigenvalue weighted by Gasteiger charge is 2.34. The van der Waals surface area contributed by atoms with E-state index in [0.717, 1.165) is 31.4 Å². The molecular formula is C18H28N2O4S. The lowest BCUT2D eigenvalue weighted by atomic mass is 10.0. The normalized spacial score (nSPS) is 18.7. The van der Waals surface area contributed by atoms with Crippen LogP contribution >= 0.6 is 0 Å². The second kappa shape index (κ2) is 9.20. The first kappa shape index (κ1) is 19.7. The van der Waals surface area contributed by atoms with E-state index in [9.17, 15) is 13.2 Å². The summed E-state index contributed by atoms with van der Waals surface area (Å²) < 4.78 is 30.6. The molecule has 140 valence electrons. The molecule has 1 saturated heterocycles. The van der Waals surface area contributed by atoms with Crippen molar-refractivity contribution in [1.82, 2.24) is 9.62 Å². The molecule has 2 rings (SSSR count). The molecule has 1 atom stereocenters. The number of piperidine rings is 1. The van der Waals surface area contributed by atoms with Gasteiger partial charge in [-0.3, -0.25) is 4.79 Å². The van der Waals surface area contributed by atoms with Crippen LogP contribution in [0.5, 0.6) is 5.75 Å². The molecule has 25 heavy (non-hydrogen) atoms. The number of hydrogen-bond acceptors (Lipinski definition) is 4. The van der Waals surface area contributed by atoms with Crippen molar-refractivity contribution in [2.75, 3.05) is 26.0 Å². The summed E-state index contributed by atoms with van der Waals surface area (Å²) in [4.78, 5) is 12.3. The molecule has 1 N–H and O–H groups in total. The molecule has 0 aliphatic carbocycles. The Morgan fingerprint density at radius 2 is 1.96 bits per heavy atom. The number of nitrogens with one attached hydrogen (secondary N) is 1. The summed E-state index contributed by atoms with van der Waals surface area (Å²) in [5.41, 5.74) is 1.20. The van der Waals surface area contributed by atoms with Gasteiger partial charge in [0.25, 0.3) is 0 Å². The number of carbonyl (C=O) groups excluding carboxylic acids is 1. The number of sulfonamides is 1. The Hall–Kier alpha value is -1.60. The number of benzene rings is 1. The fourth-order valence-electron chi connectivity index (χ4n) is 2.94. The predicted molar refractivity (Wildman–Crippen MR) is 98.1 cm³/mol. The fourth-order valence-corrected chi connectivity index (χ4v) is 4.07. The largest absolute Gasteiger partial charge is 0.494 e. The van der Waals surface area contributed by atoms with E-state index < -0.39 is 16.1 Å². The second-order valence-corrected chi connectivity index (χ2v) is 8.48. The number of amides is 1. The van der Waals surface area contributed by atoms with Crippen molar-refractivity contribution in [2.24, 2.45) is 0 Å². The zero-order valence-corrected chi connectivity index (χ0v) is 15.8. The number of aryl methyl sites for hydroxylation is 1. The van der Waals surface area contributed by atoms with Crippen molar-refractivity contribution in [3.05, 3.63) is 29.8 Å². The number of hydrogen-bond donors (Lipinski definition) is 1. The third-order valence-electron chi connectivity index (χ3n) is 4.34. The van der Waals surface area contributed by atoms with Crippen LogP contribution in [0.4, 0.5) is 0 Å². The van der Waals surface area contributed by atoms with Crippen LogP contribution in [0.2, 0.25) is 0 Å². The maximum atomic E-state index is 12.3. The van der Waals surface area contributed by atoms with Crippen molar-refractivity contribution >= 4 is 15.9 Å². The van der Waals surface area contributed by atoms with Gasteiger partial charge in [0.15, 0.2) is 0 Å². The monoisotopic (exact) mass is 368 g/mol. The van der Waals surface area contributed by atoms with Crippen LogP contribution in [0.25, 0.3) is 0 Å². The molecule has 1 aliphatic heterocycles. The zero-order valence-electron chi connectivity index (χ0n) is 15.0. The fraction of sp³-hybridized carbons (Fsp3) is 0.611. The van der Waals surface area contributed by atoms with E-state index in [0.29, 0.717) is 26.1 Å². The predicted octanol–water partition coefficient (Wildman–Crippen LogP) is 2.08. The molecule has 0 aromatic heterocycles. The standard InChI is InChI=1S/C18H28N2O4S/c1-15-8-10-16(11-9-15)24-14-6-4-12-19-18(21)17-7-3-5-13-20(17)25(2,22)23/h8-11,17H,3-7,12-14H2,1-2H3,(H,19,21). The Morgan fingerprint density at radius 1 is 1.24 bits per heavy atom. The number of nitrogens with zero attached hydrogens (tertiary/aromatic N) is 1. The van der Waals surface area contributed by atoms with Gasteiger partial charge in [-0.2, -0.15) is 4.31 Å². The molecule has 7 heteroatoms. The van der Waals surface area contributed by atoms with Gasteiger partial charge in [-0.05, 0) is 44.7 Å². The van der Waals surface area contributed by atoms with Gasteiger partial charge in [-0.25, -0.2) is 8.42 Å². The Labute approximate surface area is 150 Å². The topological polar surface area (TPSA) is 75.7 Å². The van der Waals surface area contributed by atoms with Crippen molar-refractivity contribution in [3.8, 4) is 5.75 Å². The van der Waals surface area contributed by atoms with Crippen LogP contribution in [0.1, 0.15) is 37.7 Å². The molecule has 1 amide bonds. The zero-order chi connectivity index (χ0) is 18.3. The molecule has 1 aliphatic rings. The molecule has 0 radical (unpaired) electrons. The van der Waals surface area contributed by atoms with E-state index in [1.54, 1.807) is 0 Å². The first-order valence-electron chi connectivity index (χ1n) is 8.82. The maximum Gasteiger partial charge on any atom is 0.238 e. The van der Waals surface area contributed by atoms with Gasteiger partial charge >= 0.3 is 0 Å². The van der Waals surface area contributed by atoms with Crippen LogP contribution in [0.15, 0.2) is 24.3 Å². The Balaban J connectivity index is 1.66. The van der Waals surface area contributed by atoms with E-state index in [2.05, 4.69) is 5.32 Å². The van der Waals surface area contributed by atoms with Gasteiger partial charge in [0, 0.05) is 13.1 Å². The minimum atomic E-state index is -3.34. The number of carbonyl (C=O) groups is 1. The van der Waals surface area contributed by atoms with Crippen molar-refractivity contribution < 1.29 is 17.9 Å². The SMILES string of the molecule is Cc1ccc(OCCCCNC(=O)C2CCCCN2S(C)(=O)=O)cc1. The number of unbranched alkanes of at least 4 members (excludes halogenated alkanes) is 1. The molecule has 0 bridgehead atoms. The first-order chi connectivity index (χ1) is 11.9. The van der Waals surface area contributed by atoms with E-state index in [1.807, 2.05) is 31.2 Å². The minimum absolute atomic E-state index is 0.190. The summed E-state index contributed by atoms with van der Waals surface area (Å²) in [5, 5.41) is 2.86. The molecule has 0 saturated carbocycles. The molecule has 1 fully saturated rings.